The number of amides is 1. The molecule has 1 amide bonds. The second-order valence-electron chi connectivity index (χ2n) is 2.63. The Bertz CT molecular complexity index is 389. The van der Waals surface area contributed by atoms with Gasteiger partial charge in [0.2, 0.25) is 5.91 Å². The van der Waals surface area contributed by atoms with Gasteiger partial charge in [0.15, 0.2) is 0 Å². The number of halogens is 3. The van der Waals surface area contributed by atoms with Gasteiger partial charge in [0.25, 0.3) is 0 Å². The van der Waals surface area contributed by atoms with Crippen LogP contribution >= 0.6 is 0 Å². The highest BCUT2D eigenvalue weighted by molar-refractivity contribution is 7.90. The maximum atomic E-state index is 11.8. The van der Waals surface area contributed by atoms with Crippen molar-refractivity contribution >= 4 is 21.9 Å². The van der Waals surface area contributed by atoms with E-state index in [1.165, 1.54) is 0 Å². The zero-order valence-corrected chi connectivity index (χ0v) is 8.30. The number of aliphatic carboxylic acids is 1. The zero-order valence-electron chi connectivity index (χ0n) is 7.48. The number of carboxylic acid groups (broad SMARTS) is 1. The maximum absolute atomic E-state index is 11.8. The minimum Gasteiger partial charge on any atom is -0.480 e. The van der Waals surface area contributed by atoms with E-state index in [2.05, 4.69) is 5.73 Å². The van der Waals surface area contributed by atoms with Crippen LogP contribution in [0, 0.1) is 0 Å². The van der Waals surface area contributed by atoms with Crippen LogP contribution < -0.4 is 10.5 Å². The van der Waals surface area contributed by atoms with Gasteiger partial charge in [0, 0.05) is 0 Å². The van der Waals surface area contributed by atoms with E-state index in [4.69, 9.17) is 5.11 Å². The average molecular weight is 264 g/mol. The molecule has 0 aliphatic carbocycles. The Morgan fingerprint density at radius 2 is 1.81 bits per heavy atom. The SMILES string of the molecule is NC(=O)CC(NS(=O)(=O)C(F)(F)F)C(=O)O. The molecule has 1 atom stereocenters. The molecular formula is C5H7F3N2O5S. The van der Waals surface area contributed by atoms with E-state index in [9.17, 15) is 31.2 Å². The summed E-state index contributed by atoms with van der Waals surface area (Å²) in [4.78, 5) is 20.6. The van der Waals surface area contributed by atoms with E-state index >= 15 is 0 Å². The van der Waals surface area contributed by atoms with Gasteiger partial charge in [0.1, 0.15) is 6.04 Å². The molecule has 0 aromatic carbocycles. The van der Waals surface area contributed by atoms with Crippen LogP contribution in [0.2, 0.25) is 0 Å². The number of hydrogen-bond acceptors (Lipinski definition) is 4. The Kier molecular flexibility index (Phi) is 4.26. The Hall–Kier alpha value is -1.36. The van der Waals surface area contributed by atoms with Gasteiger partial charge in [-0.2, -0.15) is 17.9 Å². The molecule has 0 radical (unpaired) electrons. The largest absolute Gasteiger partial charge is 0.511 e. The van der Waals surface area contributed by atoms with Crippen LogP contribution in [0.1, 0.15) is 6.42 Å². The monoisotopic (exact) mass is 264 g/mol. The van der Waals surface area contributed by atoms with Crippen LogP contribution in [-0.4, -0.2) is 37.0 Å². The molecule has 0 aromatic heterocycles. The lowest BCUT2D eigenvalue weighted by molar-refractivity contribution is -0.140. The van der Waals surface area contributed by atoms with E-state index in [0.29, 0.717) is 0 Å². The van der Waals surface area contributed by atoms with E-state index in [0.717, 1.165) is 4.72 Å². The molecule has 0 spiro atoms. The number of carboxylic acids is 1. The topological polar surface area (TPSA) is 127 Å². The van der Waals surface area contributed by atoms with Crippen LogP contribution in [0.25, 0.3) is 0 Å². The molecule has 16 heavy (non-hydrogen) atoms. The third kappa shape index (κ3) is 4.02. The van der Waals surface area contributed by atoms with Crippen molar-refractivity contribution in [2.24, 2.45) is 5.73 Å². The van der Waals surface area contributed by atoms with Gasteiger partial charge < -0.3 is 10.8 Å². The highest BCUT2D eigenvalue weighted by Crippen LogP contribution is 2.22. The van der Waals surface area contributed by atoms with Gasteiger partial charge in [0.05, 0.1) is 6.42 Å². The summed E-state index contributed by atoms with van der Waals surface area (Å²) in [5, 5.41) is 8.35. The number of carbonyl (C=O) groups is 2. The van der Waals surface area contributed by atoms with Crippen molar-refractivity contribution in [1.82, 2.24) is 4.72 Å². The Morgan fingerprint density at radius 3 is 2.06 bits per heavy atom. The maximum Gasteiger partial charge on any atom is 0.511 e. The molecule has 7 nitrogen and oxygen atoms in total. The molecular weight excluding hydrogens is 257 g/mol. The fourth-order valence-electron chi connectivity index (χ4n) is 0.635. The molecule has 1 unspecified atom stereocenters. The van der Waals surface area contributed by atoms with E-state index in [-0.39, 0.29) is 0 Å². The van der Waals surface area contributed by atoms with E-state index in [1.54, 1.807) is 0 Å². The first-order chi connectivity index (χ1) is 6.97. The van der Waals surface area contributed by atoms with Gasteiger partial charge in [-0.1, -0.05) is 0 Å². The number of nitrogens with one attached hydrogen (secondary N) is 1. The number of sulfonamides is 1. The van der Waals surface area contributed by atoms with Crippen molar-refractivity contribution in [1.29, 1.82) is 0 Å². The summed E-state index contributed by atoms with van der Waals surface area (Å²) < 4.78 is 57.3. The summed E-state index contributed by atoms with van der Waals surface area (Å²) in [5.41, 5.74) is -1.11. The van der Waals surface area contributed by atoms with Crippen LogP contribution in [-0.2, 0) is 19.6 Å². The van der Waals surface area contributed by atoms with Gasteiger partial charge in [-0.25, -0.2) is 8.42 Å². The molecule has 0 saturated carbocycles. The normalized spacial score (nSPS) is 14.4. The third-order valence-corrected chi connectivity index (χ3v) is 2.51. The van der Waals surface area contributed by atoms with Gasteiger partial charge in [-0.3, -0.25) is 9.59 Å². The number of primary amides is 1. The van der Waals surface area contributed by atoms with Crippen molar-refractivity contribution in [2.45, 2.75) is 18.0 Å². The summed E-state index contributed by atoms with van der Waals surface area (Å²) >= 11 is 0. The number of alkyl halides is 3. The van der Waals surface area contributed by atoms with Crippen molar-refractivity contribution in [3.8, 4) is 0 Å². The summed E-state index contributed by atoms with van der Waals surface area (Å²) in [6, 6.07) is -2.25. The van der Waals surface area contributed by atoms with Crippen LogP contribution in [0.3, 0.4) is 0 Å². The molecule has 0 heterocycles. The number of rotatable bonds is 5. The first kappa shape index (κ1) is 14.6. The van der Waals surface area contributed by atoms with Crippen LogP contribution in [0.4, 0.5) is 13.2 Å². The summed E-state index contributed by atoms with van der Waals surface area (Å²) in [6.45, 7) is 0. The quantitative estimate of drug-likeness (QED) is 0.572. The molecule has 0 saturated heterocycles. The Labute approximate surface area is 87.5 Å². The van der Waals surface area contributed by atoms with E-state index < -0.39 is 39.9 Å². The average Bonchev–Trinajstić information content (AvgIpc) is 1.98. The second kappa shape index (κ2) is 4.65. The molecule has 4 N–H and O–H groups in total. The molecule has 11 heteroatoms. The minimum atomic E-state index is -5.83. The summed E-state index contributed by atoms with van der Waals surface area (Å²) in [5.74, 6) is -3.19. The molecule has 94 valence electrons. The van der Waals surface area contributed by atoms with Crippen molar-refractivity contribution in [3.63, 3.8) is 0 Å². The predicted molar refractivity (Wildman–Crippen MR) is 43.3 cm³/mol. The highest BCUT2D eigenvalue weighted by atomic mass is 32.2. The summed E-state index contributed by atoms with van der Waals surface area (Å²) in [6.07, 6.45) is -1.08. The van der Waals surface area contributed by atoms with Crippen molar-refractivity contribution in [2.75, 3.05) is 0 Å². The van der Waals surface area contributed by atoms with Crippen molar-refractivity contribution in [3.05, 3.63) is 0 Å². The Morgan fingerprint density at radius 1 is 1.38 bits per heavy atom. The Balaban J connectivity index is 4.91. The van der Waals surface area contributed by atoms with Gasteiger partial charge >= 0.3 is 21.5 Å². The second-order valence-corrected chi connectivity index (χ2v) is 4.33. The van der Waals surface area contributed by atoms with E-state index in [1.807, 2.05) is 0 Å². The molecule has 0 fully saturated rings. The van der Waals surface area contributed by atoms with Gasteiger partial charge in [-0.15, -0.1) is 0 Å². The zero-order chi connectivity index (χ0) is 13.1. The van der Waals surface area contributed by atoms with Gasteiger partial charge in [-0.05, 0) is 0 Å². The van der Waals surface area contributed by atoms with Crippen LogP contribution in [0.5, 0.6) is 0 Å². The lowest BCUT2D eigenvalue weighted by Crippen LogP contribution is -2.47. The first-order valence-electron chi connectivity index (χ1n) is 3.57. The van der Waals surface area contributed by atoms with Crippen molar-refractivity contribution < 1.29 is 36.3 Å². The fourth-order valence-corrected chi connectivity index (χ4v) is 1.33. The number of hydrogen-bond donors (Lipinski definition) is 3. The molecule has 0 rings (SSSR count). The summed E-state index contributed by atoms with van der Waals surface area (Å²) in [7, 11) is -5.83. The highest BCUT2D eigenvalue weighted by Gasteiger charge is 2.47. The fraction of sp³-hybridized carbons (Fsp3) is 0.600. The third-order valence-electron chi connectivity index (χ3n) is 1.31. The molecule has 0 bridgehead atoms. The lowest BCUT2D eigenvalue weighted by atomic mass is 10.2. The molecule has 0 aliphatic rings. The predicted octanol–water partition coefficient (Wildman–Crippen LogP) is -1.25. The molecule has 0 aromatic rings. The number of carbonyl (C=O) groups excluding carboxylic acids is 1. The minimum absolute atomic E-state index is 0.811. The lowest BCUT2D eigenvalue weighted by Gasteiger charge is -2.14. The van der Waals surface area contributed by atoms with Crippen LogP contribution in [0.15, 0.2) is 0 Å². The smallest absolute Gasteiger partial charge is 0.480 e. The first-order valence-corrected chi connectivity index (χ1v) is 5.05. The molecule has 0 aliphatic heterocycles. The number of nitrogens with two attached hydrogens (primary N) is 1. The standard InChI is InChI=1S/C5H7F3N2O5S/c6-5(7,8)16(14,15)10-2(4(12)13)1-3(9)11/h2,10H,1H2,(H2,9,11)(H,12,13).